The number of benzene rings is 3. The molecule has 0 spiro atoms. The molecular weight excluding hydrogens is 447 g/mol. The zero-order valence-corrected chi connectivity index (χ0v) is 16.0. The van der Waals surface area contributed by atoms with E-state index in [0.717, 1.165) is 31.8 Å². The summed E-state index contributed by atoms with van der Waals surface area (Å²) < 4.78 is 1.11. The average Bonchev–Trinajstić information content (AvgIpc) is 2.90. The van der Waals surface area contributed by atoms with Gasteiger partial charge in [-0.15, -0.1) is 0 Å². The van der Waals surface area contributed by atoms with E-state index in [9.17, 15) is 9.59 Å². The van der Waals surface area contributed by atoms with Gasteiger partial charge in [0, 0.05) is 14.6 Å². The standard InChI is InChI=1S/C19H13IN2O2S/c20-13-8-10-14(11-9-13)21-17-18(23)22(19(24)25-17)16-7-3-5-12-4-1-2-6-15(12)16/h1-11,17,21H. The highest BCUT2D eigenvalue weighted by Crippen LogP contribution is 2.36. The number of imide groups is 1. The summed E-state index contributed by atoms with van der Waals surface area (Å²) >= 11 is 3.23. The zero-order chi connectivity index (χ0) is 17.4. The van der Waals surface area contributed by atoms with E-state index in [2.05, 4.69) is 27.9 Å². The van der Waals surface area contributed by atoms with Crippen LogP contribution in [0.2, 0.25) is 0 Å². The van der Waals surface area contributed by atoms with Crippen LogP contribution in [0.5, 0.6) is 0 Å². The summed E-state index contributed by atoms with van der Waals surface area (Å²) in [4.78, 5) is 26.6. The van der Waals surface area contributed by atoms with Gasteiger partial charge in [0.05, 0.1) is 5.69 Å². The van der Waals surface area contributed by atoms with Crippen LogP contribution >= 0.6 is 34.4 Å². The number of rotatable bonds is 3. The highest BCUT2D eigenvalue weighted by Gasteiger charge is 2.41. The molecule has 1 saturated heterocycles. The fourth-order valence-electron chi connectivity index (χ4n) is 2.82. The van der Waals surface area contributed by atoms with Gasteiger partial charge in [0.1, 0.15) is 0 Å². The largest absolute Gasteiger partial charge is 0.365 e. The van der Waals surface area contributed by atoms with E-state index in [0.29, 0.717) is 5.69 Å². The number of amides is 2. The molecule has 3 aromatic rings. The first kappa shape index (κ1) is 16.4. The van der Waals surface area contributed by atoms with Crippen molar-refractivity contribution in [3.05, 3.63) is 70.3 Å². The number of fused-ring (bicyclic) bond motifs is 1. The molecule has 3 aromatic carbocycles. The summed E-state index contributed by atoms with van der Waals surface area (Å²) in [6.45, 7) is 0. The fraction of sp³-hybridized carbons (Fsp3) is 0.0526. The van der Waals surface area contributed by atoms with Crippen LogP contribution in [0, 0.1) is 3.57 Å². The van der Waals surface area contributed by atoms with Crippen molar-refractivity contribution >= 4 is 67.6 Å². The Kier molecular flexibility index (Phi) is 4.39. The van der Waals surface area contributed by atoms with Crippen molar-refractivity contribution in [3.63, 3.8) is 0 Å². The highest BCUT2D eigenvalue weighted by molar-refractivity contribution is 14.1. The van der Waals surface area contributed by atoms with Gasteiger partial charge in [-0.3, -0.25) is 9.59 Å². The topological polar surface area (TPSA) is 49.4 Å². The number of nitrogens with zero attached hydrogens (tertiary/aromatic N) is 1. The van der Waals surface area contributed by atoms with Crippen molar-refractivity contribution in [1.82, 2.24) is 0 Å². The molecule has 124 valence electrons. The van der Waals surface area contributed by atoms with Crippen LogP contribution < -0.4 is 10.2 Å². The van der Waals surface area contributed by atoms with Crippen molar-refractivity contribution in [2.45, 2.75) is 5.37 Å². The van der Waals surface area contributed by atoms with Crippen molar-refractivity contribution in [1.29, 1.82) is 0 Å². The number of carbonyl (C=O) groups excluding carboxylic acids is 2. The number of nitrogens with one attached hydrogen (secondary N) is 1. The molecule has 1 aliphatic heterocycles. The van der Waals surface area contributed by atoms with Crippen molar-refractivity contribution in [2.24, 2.45) is 0 Å². The van der Waals surface area contributed by atoms with Crippen LogP contribution in [0.25, 0.3) is 10.8 Å². The van der Waals surface area contributed by atoms with Crippen LogP contribution in [0.15, 0.2) is 66.7 Å². The Labute approximate surface area is 162 Å². The summed E-state index contributed by atoms with van der Waals surface area (Å²) in [5, 5.41) is 4.16. The van der Waals surface area contributed by atoms with E-state index in [1.165, 1.54) is 4.90 Å². The third-order valence-corrected chi connectivity index (χ3v) is 5.65. The van der Waals surface area contributed by atoms with Gasteiger partial charge >= 0.3 is 0 Å². The van der Waals surface area contributed by atoms with Crippen LogP contribution in [0.3, 0.4) is 0 Å². The van der Waals surface area contributed by atoms with Gasteiger partial charge in [0.25, 0.3) is 11.1 Å². The van der Waals surface area contributed by atoms with E-state index in [-0.39, 0.29) is 11.1 Å². The van der Waals surface area contributed by atoms with Gasteiger partial charge in [-0.1, -0.05) is 36.4 Å². The first-order valence-electron chi connectivity index (χ1n) is 7.68. The lowest BCUT2D eigenvalue weighted by atomic mass is 10.1. The van der Waals surface area contributed by atoms with Gasteiger partial charge < -0.3 is 5.32 Å². The first-order valence-corrected chi connectivity index (χ1v) is 9.64. The van der Waals surface area contributed by atoms with E-state index in [4.69, 9.17) is 0 Å². The van der Waals surface area contributed by atoms with Crippen molar-refractivity contribution < 1.29 is 9.59 Å². The molecule has 25 heavy (non-hydrogen) atoms. The number of hydrogen-bond donors (Lipinski definition) is 1. The van der Waals surface area contributed by atoms with Crippen molar-refractivity contribution in [2.75, 3.05) is 10.2 Å². The number of anilines is 2. The molecule has 1 aliphatic rings. The van der Waals surface area contributed by atoms with Crippen LogP contribution in [-0.2, 0) is 4.79 Å². The molecule has 0 aromatic heterocycles. The summed E-state index contributed by atoms with van der Waals surface area (Å²) in [5.74, 6) is -0.245. The lowest BCUT2D eigenvalue weighted by Crippen LogP contribution is -2.34. The molecule has 6 heteroatoms. The second-order valence-electron chi connectivity index (χ2n) is 5.59. The first-order chi connectivity index (χ1) is 12.1. The SMILES string of the molecule is O=C1SC(Nc2ccc(I)cc2)C(=O)N1c1cccc2ccccc12. The summed E-state index contributed by atoms with van der Waals surface area (Å²) in [6, 6.07) is 21.1. The Morgan fingerprint density at radius 3 is 2.44 bits per heavy atom. The summed E-state index contributed by atoms with van der Waals surface area (Å²) in [6.07, 6.45) is 0. The average molecular weight is 460 g/mol. The number of halogens is 1. The van der Waals surface area contributed by atoms with E-state index in [1.807, 2.05) is 66.7 Å². The second kappa shape index (κ2) is 6.68. The molecule has 0 radical (unpaired) electrons. The molecule has 2 amide bonds. The number of carbonyl (C=O) groups is 2. The lowest BCUT2D eigenvalue weighted by molar-refractivity contribution is -0.116. The molecule has 1 N–H and O–H groups in total. The van der Waals surface area contributed by atoms with E-state index < -0.39 is 5.37 Å². The maximum Gasteiger partial charge on any atom is 0.295 e. The maximum absolute atomic E-state index is 12.9. The number of thioether (sulfide) groups is 1. The van der Waals surface area contributed by atoms with E-state index in [1.54, 1.807) is 0 Å². The minimum Gasteiger partial charge on any atom is -0.365 e. The second-order valence-corrected chi connectivity index (χ2v) is 7.89. The van der Waals surface area contributed by atoms with Gasteiger partial charge in [0.2, 0.25) is 0 Å². The Morgan fingerprint density at radius 1 is 0.920 bits per heavy atom. The van der Waals surface area contributed by atoms with E-state index >= 15 is 0 Å². The molecular formula is C19H13IN2O2S. The molecule has 0 aliphatic carbocycles. The molecule has 1 unspecified atom stereocenters. The van der Waals surface area contributed by atoms with Gasteiger partial charge in [-0.2, -0.15) is 0 Å². The Balaban J connectivity index is 1.66. The fourth-order valence-corrected chi connectivity index (χ4v) is 4.08. The highest BCUT2D eigenvalue weighted by atomic mass is 127. The monoisotopic (exact) mass is 460 g/mol. The number of hydrogen-bond acceptors (Lipinski definition) is 4. The minimum absolute atomic E-state index is 0.245. The lowest BCUT2D eigenvalue weighted by Gasteiger charge is -2.17. The molecule has 4 rings (SSSR count). The Hall–Kier alpha value is -2.06. The Bertz CT molecular complexity index is 969. The quantitative estimate of drug-likeness (QED) is 0.554. The molecule has 1 heterocycles. The van der Waals surface area contributed by atoms with Gasteiger partial charge in [-0.05, 0) is 70.1 Å². The smallest absolute Gasteiger partial charge is 0.295 e. The summed E-state index contributed by atoms with van der Waals surface area (Å²) in [5.41, 5.74) is 1.45. The molecule has 0 saturated carbocycles. The van der Waals surface area contributed by atoms with Crippen molar-refractivity contribution in [3.8, 4) is 0 Å². The third kappa shape index (κ3) is 3.11. The van der Waals surface area contributed by atoms with Crippen LogP contribution in [0.1, 0.15) is 0 Å². The van der Waals surface area contributed by atoms with Crippen LogP contribution in [0.4, 0.5) is 16.2 Å². The molecule has 0 bridgehead atoms. The third-order valence-electron chi connectivity index (χ3n) is 4.00. The maximum atomic E-state index is 12.9. The predicted molar refractivity (Wildman–Crippen MR) is 111 cm³/mol. The Morgan fingerprint density at radius 2 is 1.64 bits per heavy atom. The molecule has 4 nitrogen and oxygen atoms in total. The molecule has 1 fully saturated rings. The summed E-state index contributed by atoms with van der Waals surface area (Å²) in [7, 11) is 0. The van der Waals surface area contributed by atoms with Gasteiger partial charge in [0.15, 0.2) is 5.37 Å². The zero-order valence-electron chi connectivity index (χ0n) is 13.0. The minimum atomic E-state index is -0.619. The normalized spacial score (nSPS) is 17.3. The van der Waals surface area contributed by atoms with Crippen LogP contribution in [-0.4, -0.2) is 16.5 Å². The van der Waals surface area contributed by atoms with Gasteiger partial charge in [-0.25, -0.2) is 4.90 Å². The molecule has 1 atom stereocenters. The predicted octanol–water partition coefficient (Wildman–Crippen LogP) is 5.08.